The zero-order valence-corrected chi connectivity index (χ0v) is 27.5. The van der Waals surface area contributed by atoms with Crippen molar-refractivity contribution in [1.29, 1.82) is 0 Å². The lowest BCUT2D eigenvalue weighted by Gasteiger charge is -2.26. The van der Waals surface area contributed by atoms with Gasteiger partial charge in [-0.05, 0) is 65.1 Å². The first-order valence-corrected chi connectivity index (χ1v) is 16.5. The molecular weight excluding hydrogens is 608 g/mol. The van der Waals surface area contributed by atoms with Gasteiger partial charge in [0.15, 0.2) is 17.3 Å². The maximum absolute atomic E-state index is 6.76. The normalized spacial score (nSPS) is 12.1. The lowest BCUT2D eigenvalue weighted by atomic mass is 10.00. The number of aryl methyl sites for hydroxylation is 1. The lowest BCUT2D eigenvalue weighted by molar-refractivity contribution is 0.182. The van der Waals surface area contributed by atoms with Crippen LogP contribution in [0.5, 0.6) is 23.0 Å². The molecule has 0 spiro atoms. The quantitative estimate of drug-likeness (QED) is 0.125. The van der Waals surface area contributed by atoms with Crippen LogP contribution in [-0.2, 0) is 37.6 Å². The van der Waals surface area contributed by atoms with E-state index in [-0.39, 0.29) is 0 Å². The Hall–Kier alpha value is -5.94. The molecule has 7 rings (SSSR count). The van der Waals surface area contributed by atoms with Gasteiger partial charge < -0.3 is 23.7 Å². The molecule has 0 saturated heterocycles. The Bertz CT molecular complexity index is 2010. The van der Waals surface area contributed by atoms with Crippen molar-refractivity contribution in [3.63, 3.8) is 0 Å². The van der Waals surface area contributed by atoms with Gasteiger partial charge >= 0.3 is 0 Å². The van der Waals surface area contributed by atoms with Gasteiger partial charge in [0, 0.05) is 17.5 Å². The average Bonchev–Trinajstić information content (AvgIpc) is 3.16. The number of ether oxygens (including phenoxy) is 5. The van der Waals surface area contributed by atoms with Gasteiger partial charge in [0.25, 0.3) is 0 Å². The Balaban J connectivity index is 1.23. The van der Waals surface area contributed by atoms with Gasteiger partial charge in [-0.3, -0.25) is 0 Å². The van der Waals surface area contributed by atoms with Gasteiger partial charge in [0.1, 0.15) is 43.7 Å². The molecule has 0 unspecified atom stereocenters. The second kappa shape index (κ2) is 15.3. The molecule has 6 aromatic rings. The van der Waals surface area contributed by atoms with E-state index < -0.39 is 0 Å². The lowest BCUT2D eigenvalue weighted by Crippen LogP contribution is -2.14. The van der Waals surface area contributed by atoms with Crippen molar-refractivity contribution in [2.45, 2.75) is 39.8 Å². The van der Waals surface area contributed by atoms with Gasteiger partial charge in [-0.2, -0.15) is 0 Å². The van der Waals surface area contributed by atoms with Crippen molar-refractivity contribution in [2.75, 3.05) is 0 Å². The first-order valence-electron chi connectivity index (χ1n) is 16.5. The molecule has 5 nitrogen and oxygen atoms in total. The molecule has 0 aromatic heterocycles. The highest BCUT2D eigenvalue weighted by Crippen LogP contribution is 2.43. The Kier molecular flexibility index (Phi) is 9.89. The summed E-state index contributed by atoms with van der Waals surface area (Å²) in [7, 11) is 0. The van der Waals surface area contributed by atoms with Crippen molar-refractivity contribution >= 4 is 5.76 Å². The van der Waals surface area contributed by atoms with Crippen LogP contribution in [0.2, 0.25) is 0 Å². The van der Waals surface area contributed by atoms with Crippen LogP contribution >= 0.6 is 0 Å². The summed E-state index contributed by atoms with van der Waals surface area (Å²) < 4.78 is 32.5. The zero-order valence-electron chi connectivity index (χ0n) is 27.5. The van der Waals surface area contributed by atoms with E-state index in [1.54, 1.807) is 0 Å². The molecule has 5 heteroatoms. The van der Waals surface area contributed by atoms with E-state index in [1.807, 2.05) is 115 Å². The molecule has 0 saturated carbocycles. The van der Waals surface area contributed by atoms with Crippen LogP contribution in [0.25, 0.3) is 5.76 Å². The standard InChI is InChI=1S/C44H38O5/c1-32-24-40(46-29-34-16-8-3-9-17-34)38-27-43(48-31-36-20-12-5-13-21-36)44(49-41(38)25-32)37-22-23-39(45-28-33-14-6-2-7-15-33)42(26-37)47-30-35-18-10-4-11-19-35/h2-26H,27-31H2,1H3. The summed E-state index contributed by atoms with van der Waals surface area (Å²) in [6.45, 7) is 3.73. The summed E-state index contributed by atoms with van der Waals surface area (Å²) in [4.78, 5) is 0. The smallest absolute Gasteiger partial charge is 0.172 e. The van der Waals surface area contributed by atoms with Crippen LogP contribution in [0.15, 0.2) is 157 Å². The van der Waals surface area contributed by atoms with Crippen LogP contribution in [0.1, 0.15) is 38.9 Å². The van der Waals surface area contributed by atoms with Gasteiger partial charge in [-0.25, -0.2) is 0 Å². The number of hydrogen-bond acceptors (Lipinski definition) is 5. The minimum Gasteiger partial charge on any atom is -0.489 e. The molecule has 0 atom stereocenters. The van der Waals surface area contributed by atoms with Crippen LogP contribution < -0.4 is 18.9 Å². The summed E-state index contributed by atoms with van der Waals surface area (Å²) in [6, 6.07) is 50.6. The molecule has 0 N–H and O–H groups in total. The van der Waals surface area contributed by atoms with E-state index in [0.717, 1.165) is 56.2 Å². The van der Waals surface area contributed by atoms with E-state index in [1.165, 1.54) is 0 Å². The number of rotatable bonds is 13. The molecule has 0 fully saturated rings. The van der Waals surface area contributed by atoms with Crippen LogP contribution in [0, 0.1) is 6.92 Å². The Morgan fingerprint density at radius 2 is 0.939 bits per heavy atom. The number of hydrogen-bond donors (Lipinski definition) is 0. The molecule has 1 heterocycles. The fraction of sp³-hybridized carbons (Fsp3) is 0.136. The molecule has 49 heavy (non-hydrogen) atoms. The second-order valence-electron chi connectivity index (χ2n) is 12.0. The minimum absolute atomic E-state index is 0.396. The Morgan fingerprint density at radius 1 is 0.469 bits per heavy atom. The second-order valence-corrected chi connectivity index (χ2v) is 12.0. The number of allylic oxidation sites excluding steroid dienone is 1. The monoisotopic (exact) mass is 646 g/mol. The van der Waals surface area contributed by atoms with E-state index in [9.17, 15) is 0 Å². The van der Waals surface area contributed by atoms with Crippen molar-refractivity contribution in [3.05, 3.63) is 196 Å². The largest absolute Gasteiger partial charge is 0.489 e. The van der Waals surface area contributed by atoms with E-state index in [2.05, 4.69) is 43.3 Å². The molecule has 0 aliphatic carbocycles. The molecule has 1 aliphatic heterocycles. The van der Waals surface area contributed by atoms with Gasteiger partial charge in [-0.15, -0.1) is 0 Å². The fourth-order valence-electron chi connectivity index (χ4n) is 5.72. The van der Waals surface area contributed by atoms with Crippen LogP contribution in [0.4, 0.5) is 0 Å². The number of benzene rings is 6. The maximum atomic E-state index is 6.76. The third-order valence-electron chi connectivity index (χ3n) is 8.29. The zero-order chi connectivity index (χ0) is 33.3. The highest BCUT2D eigenvalue weighted by atomic mass is 16.5. The molecular formula is C44H38O5. The van der Waals surface area contributed by atoms with Gasteiger partial charge in [0.05, 0.1) is 0 Å². The van der Waals surface area contributed by atoms with E-state index in [0.29, 0.717) is 50.1 Å². The molecule has 0 radical (unpaired) electrons. The van der Waals surface area contributed by atoms with Gasteiger partial charge in [-0.1, -0.05) is 121 Å². The average molecular weight is 647 g/mol. The van der Waals surface area contributed by atoms with Crippen molar-refractivity contribution in [2.24, 2.45) is 0 Å². The summed E-state index contributed by atoms with van der Waals surface area (Å²) in [5, 5.41) is 0. The van der Waals surface area contributed by atoms with E-state index >= 15 is 0 Å². The third kappa shape index (κ3) is 8.14. The molecule has 6 aromatic carbocycles. The van der Waals surface area contributed by atoms with Crippen LogP contribution in [-0.4, -0.2) is 0 Å². The minimum atomic E-state index is 0.396. The highest BCUT2D eigenvalue weighted by molar-refractivity contribution is 5.71. The van der Waals surface area contributed by atoms with Crippen LogP contribution in [0.3, 0.4) is 0 Å². The fourth-order valence-corrected chi connectivity index (χ4v) is 5.72. The molecule has 0 amide bonds. The predicted molar refractivity (Wildman–Crippen MR) is 192 cm³/mol. The maximum Gasteiger partial charge on any atom is 0.172 e. The van der Waals surface area contributed by atoms with Crippen molar-refractivity contribution < 1.29 is 23.7 Å². The summed E-state index contributed by atoms with van der Waals surface area (Å²) in [5.41, 5.74) is 7.15. The Morgan fingerprint density at radius 3 is 1.47 bits per heavy atom. The third-order valence-corrected chi connectivity index (χ3v) is 8.29. The molecule has 244 valence electrons. The van der Waals surface area contributed by atoms with Gasteiger partial charge in [0.2, 0.25) is 0 Å². The summed E-state index contributed by atoms with van der Waals surface area (Å²) >= 11 is 0. The highest BCUT2D eigenvalue weighted by Gasteiger charge is 2.27. The summed E-state index contributed by atoms with van der Waals surface area (Å²) in [5.74, 6) is 4.17. The topological polar surface area (TPSA) is 46.2 Å². The predicted octanol–water partition coefficient (Wildman–Crippen LogP) is 10.3. The Labute approximate surface area is 288 Å². The first-order chi connectivity index (χ1) is 24.2. The SMILES string of the molecule is Cc1cc(OCc2ccccc2)c2c(c1)OC(c1ccc(OCc3ccccc3)c(OCc3ccccc3)c1)=C(OCc1ccccc1)C2. The van der Waals surface area contributed by atoms with E-state index in [4.69, 9.17) is 23.7 Å². The summed E-state index contributed by atoms with van der Waals surface area (Å²) in [6.07, 6.45) is 0.508. The van der Waals surface area contributed by atoms with Crippen molar-refractivity contribution in [3.8, 4) is 23.0 Å². The molecule has 0 bridgehead atoms. The van der Waals surface area contributed by atoms with Crippen molar-refractivity contribution in [1.82, 2.24) is 0 Å². The first kappa shape index (κ1) is 31.6. The number of fused-ring (bicyclic) bond motifs is 1. The molecule has 1 aliphatic rings.